The molecule has 0 aliphatic carbocycles. The molecule has 0 saturated heterocycles. The van der Waals surface area contributed by atoms with E-state index < -0.39 is 11.9 Å². The summed E-state index contributed by atoms with van der Waals surface area (Å²) < 4.78 is 0. The van der Waals surface area contributed by atoms with E-state index in [2.05, 4.69) is 10.5 Å². The minimum absolute atomic E-state index is 0.0379. The number of nitrogens with one attached hydrogen (secondary N) is 1. The van der Waals surface area contributed by atoms with Crippen LogP contribution in [-0.4, -0.2) is 27.8 Å². The van der Waals surface area contributed by atoms with Crippen LogP contribution in [0.15, 0.2) is 29.4 Å². The van der Waals surface area contributed by atoms with E-state index in [1.807, 2.05) is 33.8 Å². The Labute approximate surface area is 162 Å². The molecule has 1 amide bonds. The summed E-state index contributed by atoms with van der Waals surface area (Å²) >= 11 is 1.08. The molecular weight excluding hydrogens is 364 g/mol. The second kappa shape index (κ2) is 8.35. The second-order valence-electron chi connectivity index (χ2n) is 6.92. The smallest absolute Gasteiger partial charge is 0.345 e. The lowest BCUT2D eigenvalue weighted by Gasteiger charge is -2.16. The summed E-state index contributed by atoms with van der Waals surface area (Å²) in [5.74, 6) is -1.27. The molecule has 6 nitrogen and oxygen atoms in total. The van der Waals surface area contributed by atoms with Gasteiger partial charge in [0, 0.05) is 0 Å². The van der Waals surface area contributed by atoms with Crippen LogP contribution in [0, 0.1) is 0 Å². The molecule has 0 radical (unpaired) electrons. The highest BCUT2D eigenvalue weighted by atomic mass is 32.1. The molecule has 0 aliphatic rings. The fraction of sp³-hybridized carbons (Fsp3) is 0.350. The van der Waals surface area contributed by atoms with Crippen molar-refractivity contribution < 1.29 is 19.8 Å². The lowest BCUT2D eigenvalue weighted by Crippen LogP contribution is -2.20. The standard InChI is InChI=1S/C20H24N2O4S/c1-10(2)13-8-14(11(3)4)18(23)15(9-13)19(24)22-21-12(5)16-6-7-17(27-16)20(25)26/h6-11,23H,1-5H3,(H,22,24)(H,25,26)/b21-12+. The Bertz CT molecular complexity index is 897. The van der Waals surface area contributed by atoms with Gasteiger partial charge in [-0.15, -0.1) is 11.3 Å². The zero-order valence-electron chi connectivity index (χ0n) is 16.0. The first-order chi connectivity index (χ1) is 12.6. The number of aromatic carboxylic acids is 1. The molecule has 0 saturated carbocycles. The molecule has 1 heterocycles. The minimum atomic E-state index is -1.00. The number of carbonyl (C=O) groups excluding carboxylic acids is 1. The van der Waals surface area contributed by atoms with Crippen LogP contribution >= 0.6 is 11.3 Å². The van der Waals surface area contributed by atoms with E-state index in [1.165, 1.54) is 6.07 Å². The summed E-state index contributed by atoms with van der Waals surface area (Å²) in [5.41, 5.74) is 4.81. The lowest BCUT2D eigenvalue weighted by atomic mass is 9.92. The van der Waals surface area contributed by atoms with E-state index in [4.69, 9.17) is 5.11 Å². The average molecular weight is 388 g/mol. The summed E-state index contributed by atoms with van der Waals surface area (Å²) in [6, 6.07) is 6.75. The van der Waals surface area contributed by atoms with E-state index in [9.17, 15) is 14.7 Å². The molecule has 0 spiro atoms. The Morgan fingerprint density at radius 3 is 2.22 bits per heavy atom. The van der Waals surface area contributed by atoms with E-state index in [0.29, 0.717) is 10.6 Å². The van der Waals surface area contributed by atoms with Crippen molar-refractivity contribution in [3.8, 4) is 5.75 Å². The number of hydrazone groups is 1. The van der Waals surface area contributed by atoms with Crippen molar-refractivity contribution >= 4 is 28.9 Å². The van der Waals surface area contributed by atoms with Gasteiger partial charge in [-0.25, -0.2) is 10.2 Å². The number of thiophene rings is 1. The number of nitrogens with zero attached hydrogens (tertiary/aromatic N) is 1. The highest BCUT2D eigenvalue weighted by molar-refractivity contribution is 7.15. The third kappa shape index (κ3) is 4.74. The van der Waals surface area contributed by atoms with Crippen LogP contribution in [0.25, 0.3) is 0 Å². The SMILES string of the molecule is C/C(=N\NC(=O)c1cc(C(C)C)cc(C(C)C)c1O)c1ccc(C(=O)O)s1. The lowest BCUT2D eigenvalue weighted by molar-refractivity contribution is 0.0702. The third-order valence-corrected chi connectivity index (χ3v) is 5.38. The van der Waals surface area contributed by atoms with Crippen molar-refractivity contribution in [3.63, 3.8) is 0 Å². The van der Waals surface area contributed by atoms with Gasteiger partial charge in [0.05, 0.1) is 16.2 Å². The Morgan fingerprint density at radius 1 is 1.07 bits per heavy atom. The van der Waals surface area contributed by atoms with E-state index in [1.54, 1.807) is 19.1 Å². The molecule has 27 heavy (non-hydrogen) atoms. The van der Waals surface area contributed by atoms with E-state index >= 15 is 0 Å². The Morgan fingerprint density at radius 2 is 1.70 bits per heavy atom. The van der Waals surface area contributed by atoms with Crippen molar-refractivity contribution in [2.75, 3.05) is 0 Å². The third-order valence-electron chi connectivity index (χ3n) is 4.19. The maximum atomic E-state index is 12.6. The molecule has 2 rings (SSSR count). The summed E-state index contributed by atoms with van der Waals surface area (Å²) in [5, 5.41) is 23.6. The number of phenols is 1. The number of rotatable bonds is 6. The predicted molar refractivity (Wildman–Crippen MR) is 107 cm³/mol. The zero-order chi connectivity index (χ0) is 20.3. The van der Waals surface area contributed by atoms with Gasteiger partial charge in [-0.05, 0) is 48.1 Å². The van der Waals surface area contributed by atoms with Gasteiger partial charge in [0.2, 0.25) is 0 Å². The first kappa shape index (κ1) is 20.6. The maximum Gasteiger partial charge on any atom is 0.345 e. The van der Waals surface area contributed by atoms with Gasteiger partial charge in [-0.3, -0.25) is 4.79 Å². The number of phenolic OH excluding ortho intramolecular Hbond substituents is 1. The molecule has 1 aromatic heterocycles. The van der Waals surface area contributed by atoms with Crippen LogP contribution in [-0.2, 0) is 0 Å². The number of benzene rings is 1. The molecular formula is C20H24N2O4S. The van der Waals surface area contributed by atoms with Gasteiger partial charge in [0.1, 0.15) is 10.6 Å². The zero-order valence-corrected chi connectivity index (χ0v) is 16.8. The summed E-state index contributed by atoms with van der Waals surface area (Å²) in [7, 11) is 0. The van der Waals surface area contributed by atoms with Gasteiger partial charge in [0.15, 0.2) is 0 Å². The number of carbonyl (C=O) groups is 2. The molecule has 1 aromatic carbocycles. The molecule has 0 fully saturated rings. The first-order valence-electron chi connectivity index (χ1n) is 8.66. The summed E-state index contributed by atoms with van der Waals surface area (Å²) in [6.07, 6.45) is 0. The summed E-state index contributed by atoms with van der Waals surface area (Å²) in [4.78, 5) is 24.4. The summed E-state index contributed by atoms with van der Waals surface area (Å²) in [6.45, 7) is 9.65. The highest BCUT2D eigenvalue weighted by Crippen LogP contribution is 2.33. The van der Waals surface area contributed by atoms with E-state index in [0.717, 1.165) is 22.5 Å². The molecule has 3 N–H and O–H groups in total. The van der Waals surface area contributed by atoms with Crippen LogP contribution in [0.4, 0.5) is 0 Å². The van der Waals surface area contributed by atoms with E-state index in [-0.39, 0.29) is 28.0 Å². The van der Waals surface area contributed by atoms with Gasteiger partial charge in [-0.2, -0.15) is 5.10 Å². The second-order valence-corrected chi connectivity index (χ2v) is 8.01. The molecule has 0 aliphatic heterocycles. The van der Waals surface area contributed by atoms with Crippen LogP contribution in [0.3, 0.4) is 0 Å². The van der Waals surface area contributed by atoms with Crippen molar-refractivity contribution in [2.24, 2.45) is 5.10 Å². The number of carboxylic acids is 1. The van der Waals surface area contributed by atoms with Crippen LogP contribution < -0.4 is 5.43 Å². The van der Waals surface area contributed by atoms with Gasteiger partial charge in [-0.1, -0.05) is 33.8 Å². The molecule has 0 bridgehead atoms. The predicted octanol–water partition coefficient (Wildman–Crippen LogP) is 4.55. The Balaban J connectivity index is 2.30. The van der Waals surface area contributed by atoms with Crippen molar-refractivity contribution in [2.45, 2.75) is 46.5 Å². The number of amides is 1. The fourth-order valence-electron chi connectivity index (χ4n) is 2.52. The minimum Gasteiger partial charge on any atom is -0.507 e. The van der Waals surface area contributed by atoms with Gasteiger partial charge in [0.25, 0.3) is 5.91 Å². The molecule has 0 unspecified atom stereocenters. The average Bonchev–Trinajstić information content (AvgIpc) is 3.09. The number of hydrogen-bond donors (Lipinski definition) is 3. The van der Waals surface area contributed by atoms with Crippen LogP contribution in [0.1, 0.15) is 82.5 Å². The van der Waals surface area contributed by atoms with Gasteiger partial charge >= 0.3 is 5.97 Å². The normalized spacial score (nSPS) is 11.9. The first-order valence-corrected chi connectivity index (χ1v) is 9.48. The fourth-order valence-corrected chi connectivity index (χ4v) is 3.31. The quantitative estimate of drug-likeness (QED) is 0.499. The molecule has 144 valence electrons. The Kier molecular flexibility index (Phi) is 6.38. The Hall–Kier alpha value is -2.67. The number of hydrogen-bond acceptors (Lipinski definition) is 5. The van der Waals surface area contributed by atoms with Crippen LogP contribution in [0.5, 0.6) is 5.75 Å². The van der Waals surface area contributed by atoms with Crippen molar-refractivity contribution in [3.05, 3.63) is 50.7 Å². The van der Waals surface area contributed by atoms with Crippen molar-refractivity contribution in [1.29, 1.82) is 0 Å². The maximum absolute atomic E-state index is 12.6. The molecule has 0 atom stereocenters. The molecule has 7 heteroatoms. The highest BCUT2D eigenvalue weighted by Gasteiger charge is 2.19. The monoisotopic (exact) mass is 388 g/mol. The number of carboxylic acid groups (broad SMARTS) is 1. The van der Waals surface area contributed by atoms with Crippen molar-refractivity contribution in [1.82, 2.24) is 5.43 Å². The van der Waals surface area contributed by atoms with Gasteiger partial charge < -0.3 is 10.2 Å². The largest absolute Gasteiger partial charge is 0.507 e. The topological polar surface area (TPSA) is 99.0 Å². The molecule has 2 aromatic rings. The number of aromatic hydroxyl groups is 1. The van der Waals surface area contributed by atoms with Crippen LogP contribution in [0.2, 0.25) is 0 Å².